The minimum atomic E-state index is -0.299. The third-order valence-corrected chi connectivity index (χ3v) is 2.90. The Hall–Kier alpha value is -2.87. The number of carbonyl (C=O) groups is 1. The monoisotopic (exact) mass is 267 g/mol. The van der Waals surface area contributed by atoms with Crippen molar-refractivity contribution in [2.24, 2.45) is 7.05 Å². The molecule has 5 nitrogen and oxygen atoms in total. The van der Waals surface area contributed by atoms with Crippen molar-refractivity contribution in [3.05, 3.63) is 69.6 Å². The molecule has 20 heavy (non-hydrogen) atoms. The number of pyridine rings is 1. The van der Waals surface area contributed by atoms with Gasteiger partial charge in [0.25, 0.3) is 11.5 Å². The Morgan fingerprint density at radius 1 is 1.30 bits per heavy atom. The number of nitrogens with zero attached hydrogens (tertiary/aromatic N) is 2. The molecule has 5 heteroatoms. The van der Waals surface area contributed by atoms with E-state index in [9.17, 15) is 9.59 Å². The second kappa shape index (κ2) is 5.85. The maximum atomic E-state index is 11.9. The average Bonchev–Trinajstić information content (AvgIpc) is 2.48. The molecule has 100 valence electrons. The van der Waals surface area contributed by atoms with Crippen LogP contribution in [0.3, 0.4) is 0 Å². The molecule has 0 saturated carbocycles. The van der Waals surface area contributed by atoms with Crippen molar-refractivity contribution in [2.75, 3.05) is 0 Å². The predicted molar refractivity (Wildman–Crippen MR) is 74.0 cm³/mol. The molecule has 1 heterocycles. The minimum absolute atomic E-state index is 0.226. The quantitative estimate of drug-likeness (QED) is 0.907. The van der Waals surface area contributed by atoms with Crippen LogP contribution < -0.4 is 10.9 Å². The lowest BCUT2D eigenvalue weighted by atomic mass is 10.1. The second-order valence-corrected chi connectivity index (χ2v) is 4.36. The summed E-state index contributed by atoms with van der Waals surface area (Å²) in [7, 11) is 1.63. The van der Waals surface area contributed by atoms with Crippen LogP contribution in [0.25, 0.3) is 0 Å². The second-order valence-electron chi connectivity index (χ2n) is 4.36. The number of aromatic nitrogens is 1. The van der Waals surface area contributed by atoms with Gasteiger partial charge in [-0.2, -0.15) is 5.26 Å². The number of nitriles is 1. The Balaban J connectivity index is 2.02. The van der Waals surface area contributed by atoms with Gasteiger partial charge in [0.1, 0.15) is 0 Å². The van der Waals surface area contributed by atoms with Crippen LogP contribution in [0.15, 0.2) is 47.4 Å². The third-order valence-electron chi connectivity index (χ3n) is 2.90. The van der Waals surface area contributed by atoms with Gasteiger partial charge < -0.3 is 9.88 Å². The number of rotatable bonds is 3. The number of aryl methyl sites for hydroxylation is 1. The van der Waals surface area contributed by atoms with Crippen molar-refractivity contribution in [1.82, 2.24) is 9.88 Å². The van der Waals surface area contributed by atoms with E-state index in [1.54, 1.807) is 43.6 Å². The molecular formula is C15H13N3O2. The van der Waals surface area contributed by atoms with Crippen LogP contribution in [0.2, 0.25) is 0 Å². The first-order chi connectivity index (χ1) is 9.60. The molecule has 2 aromatic rings. The smallest absolute Gasteiger partial charge is 0.251 e. The minimum Gasteiger partial charge on any atom is -0.348 e. The lowest BCUT2D eigenvalue weighted by Crippen LogP contribution is -2.25. The number of amides is 1. The molecule has 1 aromatic carbocycles. The summed E-state index contributed by atoms with van der Waals surface area (Å²) in [5.41, 5.74) is 1.57. The zero-order valence-corrected chi connectivity index (χ0v) is 11.0. The van der Waals surface area contributed by atoms with E-state index >= 15 is 0 Å². The number of hydrogen-bond donors (Lipinski definition) is 1. The van der Waals surface area contributed by atoms with Gasteiger partial charge in [-0.15, -0.1) is 0 Å². The molecule has 0 atom stereocenters. The van der Waals surface area contributed by atoms with Crippen LogP contribution in [0.5, 0.6) is 0 Å². The van der Waals surface area contributed by atoms with Gasteiger partial charge in [-0.25, -0.2) is 0 Å². The van der Waals surface area contributed by atoms with Crippen LogP contribution >= 0.6 is 0 Å². The fourth-order valence-corrected chi connectivity index (χ4v) is 1.67. The highest BCUT2D eigenvalue weighted by atomic mass is 16.2. The Kier molecular flexibility index (Phi) is 3.96. The zero-order valence-electron chi connectivity index (χ0n) is 11.0. The molecule has 0 bridgehead atoms. The van der Waals surface area contributed by atoms with Crippen LogP contribution in [0, 0.1) is 11.3 Å². The highest BCUT2D eigenvalue weighted by molar-refractivity contribution is 5.93. The van der Waals surface area contributed by atoms with E-state index in [1.807, 2.05) is 6.07 Å². The van der Waals surface area contributed by atoms with Gasteiger partial charge in [-0.1, -0.05) is 12.1 Å². The molecule has 0 radical (unpaired) electrons. The van der Waals surface area contributed by atoms with Crippen LogP contribution in [-0.4, -0.2) is 10.5 Å². The maximum absolute atomic E-state index is 11.9. The predicted octanol–water partition coefficient (Wildman–Crippen LogP) is 1.19. The molecule has 0 fully saturated rings. The standard InChI is InChI=1S/C15H13N3O2/c1-18-7-6-13(8-14(18)19)15(20)17-10-12-4-2-11(9-16)3-5-12/h2-8H,10H2,1H3,(H,17,20). The van der Waals surface area contributed by atoms with Crippen LogP contribution in [0.1, 0.15) is 21.5 Å². The summed E-state index contributed by atoms with van der Waals surface area (Å²) in [4.78, 5) is 23.3. The van der Waals surface area contributed by atoms with Gasteiger partial charge in [0.15, 0.2) is 0 Å². The lowest BCUT2D eigenvalue weighted by Gasteiger charge is -2.06. The first-order valence-corrected chi connectivity index (χ1v) is 6.04. The fourth-order valence-electron chi connectivity index (χ4n) is 1.67. The largest absolute Gasteiger partial charge is 0.348 e. The summed E-state index contributed by atoms with van der Waals surface area (Å²) in [5.74, 6) is -0.299. The lowest BCUT2D eigenvalue weighted by molar-refractivity contribution is 0.0950. The van der Waals surface area contributed by atoms with Gasteiger partial charge in [0.05, 0.1) is 11.6 Å². The zero-order chi connectivity index (χ0) is 14.5. The van der Waals surface area contributed by atoms with Crippen molar-refractivity contribution < 1.29 is 4.79 Å². The van der Waals surface area contributed by atoms with Gasteiger partial charge in [0.2, 0.25) is 0 Å². The van der Waals surface area contributed by atoms with E-state index in [-0.39, 0.29) is 11.5 Å². The fraction of sp³-hybridized carbons (Fsp3) is 0.133. The molecule has 0 aliphatic rings. The molecule has 2 rings (SSSR count). The molecule has 0 saturated heterocycles. The van der Waals surface area contributed by atoms with Gasteiger partial charge in [-0.05, 0) is 23.8 Å². The molecule has 1 amide bonds. The Labute approximate surface area is 116 Å². The molecule has 0 aliphatic heterocycles. The molecule has 0 aliphatic carbocycles. The SMILES string of the molecule is Cn1ccc(C(=O)NCc2ccc(C#N)cc2)cc1=O. The maximum Gasteiger partial charge on any atom is 0.251 e. The van der Waals surface area contributed by atoms with E-state index in [1.165, 1.54) is 10.6 Å². The molecule has 1 aromatic heterocycles. The Morgan fingerprint density at radius 2 is 2.00 bits per heavy atom. The number of carbonyl (C=O) groups excluding carboxylic acids is 1. The Bertz CT molecular complexity index is 724. The summed E-state index contributed by atoms with van der Waals surface area (Å²) in [6, 6.07) is 11.9. The molecule has 0 spiro atoms. The number of benzene rings is 1. The number of hydrogen-bond acceptors (Lipinski definition) is 3. The van der Waals surface area contributed by atoms with Crippen molar-refractivity contribution >= 4 is 5.91 Å². The summed E-state index contributed by atoms with van der Waals surface area (Å²) in [6.45, 7) is 0.347. The van der Waals surface area contributed by atoms with E-state index in [0.717, 1.165) is 5.56 Å². The highest BCUT2D eigenvalue weighted by Gasteiger charge is 2.06. The van der Waals surface area contributed by atoms with E-state index in [0.29, 0.717) is 17.7 Å². The highest BCUT2D eigenvalue weighted by Crippen LogP contribution is 2.03. The van der Waals surface area contributed by atoms with Crippen molar-refractivity contribution in [2.45, 2.75) is 6.54 Å². The van der Waals surface area contributed by atoms with Gasteiger partial charge >= 0.3 is 0 Å². The third kappa shape index (κ3) is 3.12. The summed E-state index contributed by atoms with van der Waals surface area (Å²) in [5, 5.41) is 11.4. The van der Waals surface area contributed by atoms with E-state index in [2.05, 4.69) is 5.32 Å². The normalized spacial score (nSPS) is 9.80. The molecule has 0 unspecified atom stereocenters. The van der Waals surface area contributed by atoms with Crippen molar-refractivity contribution in [3.8, 4) is 6.07 Å². The topological polar surface area (TPSA) is 74.9 Å². The summed E-state index contributed by atoms with van der Waals surface area (Å²) in [6.07, 6.45) is 1.55. The Morgan fingerprint density at radius 3 is 2.60 bits per heavy atom. The first kappa shape index (κ1) is 13.6. The van der Waals surface area contributed by atoms with Crippen LogP contribution in [-0.2, 0) is 13.6 Å². The molecular weight excluding hydrogens is 254 g/mol. The van der Waals surface area contributed by atoms with E-state index < -0.39 is 0 Å². The molecule has 1 N–H and O–H groups in total. The van der Waals surface area contributed by atoms with Crippen LogP contribution in [0.4, 0.5) is 0 Å². The van der Waals surface area contributed by atoms with Gasteiger partial charge in [-0.3, -0.25) is 9.59 Å². The van der Waals surface area contributed by atoms with Gasteiger partial charge in [0, 0.05) is 31.4 Å². The van der Waals surface area contributed by atoms with Crippen molar-refractivity contribution in [1.29, 1.82) is 5.26 Å². The summed E-state index contributed by atoms with van der Waals surface area (Å²) < 4.78 is 1.40. The summed E-state index contributed by atoms with van der Waals surface area (Å²) >= 11 is 0. The number of nitrogens with one attached hydrogen (secondary N) is 1. The van der Waals surface area contributed by atoms with E-state index in [4.69, 9.17) is 5.26 Å². The van der Waals surface area contributed by atoms with Crippen molar-refractivity contribution in [3.63, 3.8) is 0 Å². The average molecular weight is 267 g/mol. The first-order valence-electron chi connectivity index (χ1n) is 6.04.